The maximum atomic E-state index is 12.0. The first-order chi connectivity index (χ1) is 13.2. The van der Waals surface area contributed by atoms with Crippen molar-refractivity contribution in [2.24, 2.45) is 11.3 Å². The third kappa shape index (κ3) is 6.32. The van der Waals surface area contributed by atoms with Crippen molar-refractivity contribution in [3.05, 3.63) is 18.2 Å². The van der Waals surface area contributed by atoms with E-state index < -0.39 is 5.41 Å². The van der Waals surface area contributed by atoms with Gasteiger partial charge in [0.25, 0.3) is 0 Å². The minimum Gasteiger partial charge on any atom is -0.497 e. The highest BCUT2D eigenvalue weighted by atomic mass is 16.5. The van der Waals surface area contributed by atoms with Crippen LogP contribution in [-0.4, -0.2) is 52.2 Å². The van der Waals surface area contributed by atoms with Crippen molar-refractivity contribution >= 4 is 17.5 Å². The molecule has 1 fully saturated rings. The molecule has 0 radical (unpaired) electrons. The van der Waals surface area contributed by atoms with Crippen LogP contribution in [0.25, 0.3) is 0 Å². The molecule has 0 saturated carbocycles. The molecule has 0 bridgehead atoms. The molecule has 28 heavy (non-hydrogen) atoms. The van der Waals surface area contributed by atoms with Gasteiger partial charge in [0, 0.05) is 61.9 Å². The van der Waals surface area contributed by atoms with E-state index in [1.807, 2.05) is 39.0 Å². The highest BCUT2D eigenvalue weighted by Gasteiger charge is 2.24. The summed E-state index contributed by atoms with van der Waals surface area (Å²) in [5, 5.41) is 5.79. The highest BCUT2D eigenvalue weighted by molar-refractivity contribution is 5.82. The number of methoxy groups -OCH3 is 2. The van der Waals surface area contributed by atoms with E-state index in [2.05, 4.69) is 15.5 Å². The third-order valence-corrected chi connectivity index (χ3v) is 4.89. The SMILES string of the molecule is COc1cc(OC)cc(N2CCC(CNC(=O)CCNC(=O)C(C)(C)C)C2)c1. The van der Waals surface area contributed by atoms with Crippen LogP contribution in [0.4, 0.5) is 5.69 Å². The number of benzene rings is 1. The summed E-state index contributed by atoms with van der Waals surface area (Å²) < 4.78 is 10.7. The van der Waals surface area contributed by atoms with Gasteiger partial charge in [-0.1, -0.05) is 20.8 Å². The van der Waals surface area contributed by atoms with Gasteiger partial charge in [0.05, 0.1) is 14.2 Å². The van der Waals surface area contributed by atoms with E-state index in [0.717, 1.165) is 36.7 Å². The maximum Gasteiger partial charge on any atom is 0.225 e. The van der Waals surface area contributed by atoms with Crippen molar-refractivity contribution in [1.29, 1.82) is 0 Å². The molecule has 7 heteroatoms. The number of carbonyl (C=O) groups excluding carboxylic acids is 2. The predicted molar refractivity (Wildman–Crippen MR) is 110 cm³/mol. The molecular weight excluding hydrogens is 358 g/mol. The number of nitrogens with zero attached hydrogens (tertiary/aromatic N) is 1. The summed E-state index contributed by atoms with van der Waals surface area (Å²) >= 11 is 0. The van der Waals surface area contributed by atoms with Gasteiger partial charge in [-0.25, -0.2) is 0 Å². The van der Waals surface area contributed by atoms with Gasteiger partial charge in [-0.2, -0.15) is 0 Å². The number of nitrogens with one attached hydrogen (secondary N) is 2. The van der Waals surface area contributed by atoms with Gasteiger partial charge in [0.15, 0.2) is 0 Å². The number of anilines is 1. The Kier molecular flexibility index (Phi) is 7.54. The molecule has 1 aromatic carbocycles. The van der Waals surface area contributed by atoms with Crippen LogP contribution in [0.1, 0.15) is 33.6 Å². The number of carbonyl (C=O) groups is 2. The summed E-state index contributed by atoms with van der Waals surface area (Å²) in [7, 11) is 3.29. The molecular formula is C21H33N3O4. The Labute approximate surface area is 167 Å². The first kappa shape index (κ1) is 21.9. The van der Waals surface area contributed by atoms with Crippen LogP contribution >= 0.6 is 0 Å². The number of hydrogen-bond acceptors (Lipinski definition) is 5. The third-order valence-electron chi connectivity index (χ3n) is 4.89. The zero-order valence-electron chi connectivity index (χ0n) is 17.6. The molecule has 1 heterocycles. The van der Waals surface area contributed by atoms with Crippen LogP contribution < -0.4 is 25.0 Å². The lowest BCUT2D eigenvalue weighted by molar-refractivity contribution is -0.128. The van der Waals surface area contributed by atoms with Gasteiger partial charge in [-0.15, -0.1) is 0 Å². The largest absolute Gasteiger partial charge is 0.497 e. The van der Waals surface area contributed by atoms with Gasteiger partial charge < -0.3 is 25.0 Å². The minimum atomic E-state index is -0.438. The number of rotatable bonds is 8. The van der Waals surface area contributed by atoms with Crippen LogP contribution in [0, 0.1) is 11.3 Å². The fourth-order valence-corrected chi connectivity index (χ4v) is 3.11. The lowest BCUT2D eigenvalue weighted by atomic mass is 9.96. The monoisotopic (exact) mass is 391 g/mol. The van der Waals surface area contributed by atoms with E-state index in [1.165, 1.54) is 0 Å². The van der Waals surface area contributed by atoms with Gasteiger partial charge in [0.1, 0.15) is 11.5 Å². The van der Waals surface area contributed by atoms with Crippen LogP contribution in [0.5, 0.6) is 11.5 Å². The molecule has 1 saturated heterocycles. The van der Waals surface area contributed by atoms with E-state index in [9.17, 15) is 9.59 Å². The molecule has 1 aliphatic heterocycles. The predicted octanol–water partition coefficient (Wildman–Crippen LogP) is 2.20. The van der Waals surface area contributed by atoms with Crippen molar-refractivity contribution in [3.8, 4) is 11.5 Å². The van der Waals surface area contributed by atoms with Crippen molar-refractivity contribution in [2.75, 3.05) is 45.3 Å². The zero-order valence-corrected chi connectivity index (χ0v) is 17.6. The Bertz CT molecular complexity index is 662. The second-order valence-electron chi connectivity index (χ2n) is 8.23. The Hall–Kier alpha value is -2.44. The van der Waals surface area contributed by atoms with Crippen molar-refractivity contribution in [1.82, 2.24) is 10.6 Å². The van der Waals surface area contributed by atoms with Crippen molar-refractivity contribution in [3.63, 3.8) is 0 Å². The number of hydrogen-bond donors (Lipinski definition) is 2. The van der Waals surface area contributed by atoms with Crippen molar-refractivity contribution in [2.45, 2.75) is 33.6 Å². The van der Waals surface area contributed by atoms with Crippen LogP contribution in [0.15, 0.2) is 18.2 Å². The molecule has 2 rings (SSSR count). The van der Waals surface area contributed by atoms with E-state index in [1.54, 1.807) is 14.2 Å². The number of amides is 2. The Morgan fingerprint density at radius 3 is 2.32 bits per heavy atom. The van der Waals surface area contributed by atoms with Gasteiger partial charge in [-0.3, -0.25) is 9.59 Å². The quantitative estimate of drug-likeness (QED) is 0.710. The summed E-state index contributed by atoms with van der Waals surface area (Å²) in [6, 6.07) is 5.86. The molecule has 7 nitrogen and oxygen atoms in total. The first-order valence-electron chi connectivity index (χ1n) is 9.76. The van der Waals surface area contributed by atoms with E-state index >= 15 is 0 Å². The average Bonchev–Trinajstić information content (AvgIpc) is 3.14. The summed E-state index contributed by atoms with van der Waals surface area (Å²) in [5.41, 5.74) is 0.627. The summed E-state index contributed by atoms with van der Waals surface area (Å²) in [4.78, 5) is 26.1. The van der Waals surface area contributed by atoms with E-state index in [4.69, 9.17) is 9.47 Å². The zero-order chi connectivity index (χ0) is 20.7. The molecule has 156 valence electrons. The lowest BCUT2D eigenvalue weighted by Gasteiger charge is -2.20. The Morgan fingerprint density at radius 2 is 1.75 bits per heavy atom. The molecule has 2 N–H and O–H groups in total. The van der Waals surface area contributed by atoms with Gasteiger partial charge in [-0.05, 0) is 12.3 Å². The molecule has 1 atom stereocenters. The van der Waals surface area contributed by atoms with Crippen LogP contribution in [0.2, 0.25) is 0 Å². The Morgan fingerprint density at radius 1 is 1.11 bits per heavy atom. The van der Waals surface area contributed by atoms with Crippen molar-refractivity contribution < 1.29 is 19.1 Å². The second-order valence-corrected chi connectivity index (χ2v) is 8.23. The molecule has 1 aliphatic rings. The molecule has 1 aromatic rings. The Balaban J connectivity index is 1.76. The topological polar surface area (TPSA) is 79.9 Å². The number of ether oxygens (including phenoxy) is 2. The highest BCUT2D eigenvalue weighted by Crippen LogP contribution is 2.31. The molecule has 0 spiro atoms. The lowest BCUT2D eigenvalue weighted by Crippen LogP contribution is -2.38. The standard InChI is InChI=1S/C21H33N3O4/c1-21(2,3)20(26)22-8-6-19(25)23-13-15-7-9-24(14-15)16-10-17(27-4)12-18(11-16)28-5/h10-12,15H,6-9,13-14H2,1-5H3,(H,22,26)(H,23,25). The average molecular weight is 392 g/mol. The smallest absolute Gasteiger partial charge is 0.225 e. The van der Waals surface area contributed by atoms with Crippen LogP contribution in [0.3, 0.4) is 0 Å². The van der Waals surface area contributed by atoms with E-state index in [-0.39, 0.29) is 11.8 Å². The molecule has 0 aromatic heterocycles. The second kappa shape index (κ2) is 9.66. The fourth-order valence-electron chi connectivity index (χ4n) is 3.11. The fraction of sp³-hybridized carbons (Fsp3) is 0.619. The summed E-state index contributed by atoms with van der Waals surface area (Å²) in [6.45, 7) is 8.37. The molecule has 1 unspecified atom stereocenters. The molecule has 2 amide bonds. The molecule has 0 aliphatic carbocycles. The maximum absolute atomic E-state index is 12.0. The van der Waals surface area contributed by atoms with Crippen LogP contribution in [-0.2, 0) is 9.59 Å². The minimum absolute atomic E-state index is 0.0318. The summed E-state index contributed by atoms with van der Waals surface area (Å²) in [5.74, 6) is 1.85. The first-order valence-corrected chi connectivity index (χ1v) is 9.76. The normalized spacial score (nSPS) is 16.6. The summed E-state index contributed by atoms with van der Waals surface area (Å²) in [6.07, 6.45) is 1.31. The van der Waals surface area contributed by atoms with E-state index in [0.29, 0.717) is 25.4 Å². The van der Waals surface area contributed by atoms with Gasteiger partial charge >= 0.3 is 0 Å². The van der Waals surface area contributed by atoms with Gasteiger partial charge in [0.2, 0.25) is 11.8 Å².